The maximum atomic E-state index is 14.9. The topological polar surface area (TPSA) is 97.5 Å². The Balaban J connectivity index is 2.06. The number of nitrogens with one attached hydrogen (secondary N) is 2. The standard InChI is InChI=1S/C22H18F4N2O5S/c1-3-33-20(30)17-18(29)14-8-15(23)13(9-16(14)28-19(17)34-10-32-2)11-4-6-12(7-5-11)27-21(31)22(24,25)26/h4-9H,3,10H2,1-2H3,(H,27,31)(H,28,29). The highest BCUT2D eigenvalue weighted by molar-refractivity contribution is 7.99. The molecule has 7 nitrogen and oxygen atoms in total. The van der Waals surface area contributed by atoms with E-state index in [9.17, 15) is 31.9 Å². The highest BCUT2D eigenvalue weighted by Gasteiger charge is 2.38. The molecule has 180 valence electrons. The monoisotopic (exact) mass is 498 g/mol. The Bertz CT molecular complexity index is 1290. The summed E-state index contributed by atoms with van der Waals surface area (Å²) in [5.74, 6) is -3.66. The molecular weight excluding hydrogens is 480 g/mol. The quantitative estimate of drug-likeness (QED) is 0.212. The third-order valence-electron chi connectivity index (χ3n) is 4.57. The number of methoxy groups -OCH3 is 1. The van der Waals surface area contributed by atoms with Crippen molar-refractivity contribution >= 4 is 40.2 Å². The van der Waals surface area contributed by atoms with Gasteiger partial charge in [-0.25, -0.2) is 9.18 Å². The number of benzene rings is 2. The fourth-order valence-electron chi connectivity index (χ4n) is 3.06. The van der Waals surface area contributed by atoms with Gasteiger partial charge < -0.3 is 19.8 Å². The molecule has 1 aromatic heterocycles. The normalized spacial score (nSPS) is 11.5. The van der Waals surface area contributed by atoms with E-state index in [0.29, 0.717) is 0 Å². The zero-order valence-corrected chi connectivity index (χ0v) is 18.7. The largest absolute Gasteiger partial charge is 0.471 e. The minimum Gasteiger partial charge on any atom is -0.462 e. The first-order chi connectivity index (χ1) is 16.1. The van der Waals surface area contributed by atoms with Crippen LogP contribution in [0.15, 0.2) is 46.2 Å². The molecule has 0 aliphatic rings. The van der Waals surface area contributed by atoms with Crippen molar-refractivity contribution in [3.8, 4) is 11.1 Å². The van der Waals surface area contributed by atoms with Crippen LogP contribution in [0.2, 0.25) is 0 Å². The number of hydrogen-bond acceptors (Lipinski definition) is 6. The molecule has 34 heavy (non-hydrogen) atoms. The summed E-state index contributed by atoms with van der Waals surface area (Å²) >= 11 is 1.04. The zero-order valence-electron chi connectivity index (χ0n) is 17.8. The van der Waals surface area contributed by atoms with Crippen molar-refractivity contribution in [2.75, 3.05) is 25.0 Å². The Morgan fingerprint density at radius 2 is 1.82 bits per heavy atom. The van der Waals surface area contributed by atoms with Crippen LogP contribution in [0.3, 0.4) is 0 Å². The van der Waals surface area contributed by atoms with Gasteiger partial charge in [0.05, 0.1) is 23.1 Å². The Morgan fingerprint density at radius 1 is 1.15 bits per heavy atom. The maximum Gasteiger partial charge on any atom is 0.471 e. The molecule has 3 rings (SSSR count). The molecule has 0 saturated heterocycles. The van der Waals surface area contributed by atoms with Crippen molar-refractivity contribution in [1.29, 1.82) is 0 Å². The summed E-state index contributed by atoms with van der Waals surface area (Å²) in [6.45, 7) is 1.62. The van der Waals surface area contributed by atoms with Crippen LogP contribution in [-0.4, -0.2) is 42.7 Å². The molecule has 2 aromatic carbocycles. The van der Waals surface area contributed by atoms with Gasteiger partial charge in [-0.05, 0) is 36.8 Å². The van der Waals surface area contributed by atoms with Gasteiger partial charge in [0.1, 0.15) is 11.4 Å². The summed E-state index contributed by atoms with van der Waals surface area (Å²) in [6, 6.07) is 7.34. The van der Waals surface area contributed by atoms with E-state index in [2.05, 4.69) is 4.98 Å². The van der Waals surface area contributed by atoms with E-state index in [1.165, 1.54) is 37.4 Å². The second-order valence-corrected chi connectivity index (χ2v) is 7.77. The fourth-order valence-corrected chi connectivity index (χ4v) is 3.80. The van der Waals surface area contributed by atoms with Gasteiger partial charge in [0.25, 0.3) is 0 Å². The molecule has 0 aliphatic carbocycles. The number of esters is 1. The Morgan fingerprint density at radius 3 is 2.41 bits per heavy atom. The number of thioether (sulfide) groups is 1. The van der Waals surface area contributed by atoms with Gasteiger partial charge in [-0.1, -0.05) is 23.9 Å². The number of aromatic nitrogens is 1. The number of ether oxygens (including phenoxy) is 2. The van der Waals surface area contributed by atoms with Crippen LogP contribution in [0, 0.1) is 5.82 Å². The molecular formula is C22H18F4N2O5S. The number of H-pyrrole nitrogens is 1. The average Bonchev–Trinajstić information content (AvgIpc) is 2.78. The Labute approximate surface area is 194 Å². The van der Waals surface area contributed by atoms with Crippen molar-refractivity contribution in [3.05, 3.63) is 58.0 Å². The van der Waals surface area contributed by atoms with Gasteiger partial charge in [0.15, 0.2) is 0 Å². The molecule has 2 N–H and O–H groups in total. The zero-order chi connectivity index (χ0) is 25.0. The van der Waals surface area contributed by atoms with Gasteiger partial charge in [-0.15, -0.1) is 0 Å². The van der Waals surface area contributed by atoms with Gasteiger partial charge in [0, 0.05) is 23.7 Å². The minimum atomic E-state index is -5.05. The van der Waals surface area contributed by atoms with Crippen LogP contribution < -0.4 is 10.7 Å². The number of anilines is 1. The van der Waals surface area contributed by atoms with Crippen LogP contribution in [0.25, 0.3) is 22.0 Å². The summed E-state index contributed by atoms with van der Waals surface area (Å²) in [5.41, 5.74) is -0.565. The molecule has 3 aromatic rings. The lowest BCUT2D eigenvalue weighted by Crippen LogP contribution is -2.29. The van der Waals surface area contributed by atoms with Crippen LogP contribution in [0.1, 0.15) is 17.3 Å². The minimum absolute atomic E-state index is 0.0391. The summed E-state index contributed by atoms with van der Waals surface area (Å²) in [7, 11) is 1.43. The van der Waals surface area contributed by atoms with Gasteiger partial charge in [-0.2, -0.15) is 13.2 Å². The SMILES string of the molecule is CCOC(=O)c1c(SCOC)[nH]c2cc(-c3ccc(NC(=O)C(F)(F)F)cc3)c(F)cc2c1=O. The van der Waals surface area contributed by atoms with Crippen LogP contribution in [-0.2, 0) is 14.3 Å². The van der Waals surface area contributed by atoms with Crippen molar-refractivity contribution in [2.45, 2.75) is 18.1 Å². The summed E-state index contributed by atoms with van der Waals surface area (Å²) in [5, 5.41) is 1.80. The lowest BCUT2D eigenvalue weighted by Gasteiger charge is -2.12. The number of carbonyl (C=O) groups is 2. The summed E-state index contributed by atoms with van der Waals surface area (Å²) in [4.78, 5) is 39.3. The number of fused-ring (bicyclic) bond motifs is 1. The number of pyridine rings is 1. The lowest BCUT2D eigenvalue weighted by atomic mass is 10.0. The molecule has 0 radical (unpaired) electrons. The first-order valence-corrected chi connectivity index (χ1v) is 10.7. The number of rotatable bonds is 7. The second kappa shape index (κ2) is 10.3. The lowest BCUT2D eigenvalue weighted by molar-refractivity contribution is -0.167. The highest BCUT2D eigenvalue weighted by Crippen LogP contribution is 2.30. The van der Waals surface area contributed by atoms with Crippen molar-refractivity contribution < 1.29 is 36.6 Å². The molecule has 0 spiro atoms. The first kappa shape index (κ1) is 25.2. The molecule has 1 heterocycles. The molecule has 0 saturated carbocycles. The fraction of sp³-hybridized carbons (Fsp3) is 0.227. The molecule has 0 unspecified atom stereocenters. The van der Waals surface area contributed by atoms with E-state index in [1.54, 1.807) is 12.2 Å². The predicted molar refractivity (Wildman–Crippen MR) is 118 cm³/mol. The van der Waals surface area contributed by atoms with E-state index in [-0.39, 0.29) is 50.9 Å². The van der Waals surface area contributed by atoms with E-state index < -0.39 is 29.3 Å². The van der Waals surface area contributed by atoms with E-state index in [4.69, 9.17) is 9.47 Å². The van der Waals surface area contributed by atoms with Crippen molar-refractivity contribution in [3.63, 3.8) is 0 Å². The number of amides is 1. The average molecular weight is 498 g/mol. The van der Waals surface area contributed by atoms with Gasteiger partial charge in [-0.3, -0.25) is 9.59 Å². The van der Waals surface area contributed by atoms with E-state index in [0.717, 1.165) is 17.8 Å². The molecule has 0 fully saturated rings. The maximum absolute atomic E-state index is 14.9. The molecule has 1 amide bonds. The number of hydrogen-bond donors (Lipinski definition) is 2. The van der Waals surface area contributed by atoms with Gasteiger partial charge in [0.2, 0.25) is 5.43 Å². The Hall–Kier alpha value is -3.38. The van der Waals surface area contributed by atoms with Crippen LogP contribution in [0.5, 0.6) is 0 Å². The van der Waals surface area contributed by atoms with Crippen molar-refractivity contribution in [2.24, 2.45) is 0 Å². The van der Waals surface area contributed by atoms with E-state index in [1.807, 2.05) is 0 Å². The predicted octanol–water partition coefficient (Wildman–Crippen LogP) is 4.71. The summed E-state index contributed by atoms with van der Waals surface area (Å²) in [6.07, 6.45) is -5.05. The van der Waals surface area contributed by atoms with Gasteiger partial charge >= 0.3 is 18.1 Å². The molecule has 12 heteroatoms. The highest BCUT2D eigenvalue weighted by atomic mass is 32.2. The summed E-state index contributed by atoms with van der Waals surface area (Å²) < 4.78 is 62.1. The number of aromatic amines is 1. The molecule has 0 bridgehead atoms. The molecule has 0 atom stereocenters. The van der Waals surface area contributed by atoms with E-state index >= 15 is 0 Å². The number of halogens is 4. The second-order valence-electron chi connectivity index (χ2n) is 6.84. The smallest absolute Gasteiger partial charge is 0.462 e. The Kier molecular flexibility index (Phi) is 7.62. The van der Waals surface area contributed by atoms with Crippen molar-refractivity contribution in [1.82, 2.24) is 4.98 Å². The van der Waals surface area contributed by atoms with Crippen LogP contribution in [0.4, 0.5) is 23.2 Å². The van der Waals surface area contributed by atoms with Crippen LogP contribution >= 0.6 is 11.8 Å². The molecule has 0 aliphatic heterocycles. The third-order valence-corrected chi connectivity index (χ3v) is 5.51. The number of alkyl halides is 3. The third kappa shape index (κ3) is 5.39. The first-order valence-electron chi connectivity index (χ1n) is 9.73. The number of carbonyl (C=O) groups excluding carboxylic acids is 2.